The summed E-state index contributed by atoms with van der Waals surface area (Å²) in [6.45, 7) is 2.03. The molecule has 11 nitrogen and oxygen atoms in total. The Balaban J connectivity index is 4.39. The van der Waals surface area contributed by atoms with E-state index >= 15 is 0 Å². The van der Waals surface area contributed by atoms with Crippen molar-refractivity contribution < 1.29 is 52.9 Å². The smallest absolute Gasteiger partial charge is 0.462 e. The summed E-state index contributed by atoms with van der Waals surface area (Å²) in [5.74, 6) is -1.01. The van der Waals surface area contributed by atoms with Crippen molar-refractivity contribution in [3.8, 4) is 0 Å². The molecule has 0 radical (unpaired) electrons. The highest BCUT2D eigenvalue weighted by Crippen LogP contribution is 2.43. The summed E-state index contributed by atoms with van der Waals surface area (Å²) in [5.41, 5.74) is 0. The predicted octanol–water partition coefficient (Wildman–Crippen LogP) is 10.3. The van der Waals surface area contributed by atoms with Gasteiger partial charge in [0.15, 0.2) is 6.10 Å². The van der Waals surface area contributed by atoms with Crippen molar-refractivity contribution in [3.63, 3.8) is 0 Å². The zero-order valence-corrected chi connectivity index (χ0v) is 35.8. The Bertz CT molecular complexity index is 1090. The van der Waals surface area contributed by atoms with E-state index in [4.69, 9.17) is 19.1 Å². The Kier molecular flexibility index (Phi) is 38.2. The maximum Gasteiger partial charge on any atom is 0.472 e. The first kappa shape index (κ1) is 53.9. The Labute approximate surface area is 339 Å². The summed E-state index contributed by atoms with van der Waals surface area (Å²) in [6.07, 6.45) is 38.8. The van der Waals surface area contributed by atoms with Gasteiger partial charge in [0.25, 0.3) is 0 Å². The lowest BCUT2D eigenvalue weighted by Crippen LogP contribution is -2.29. The lowest BCUT2D eigenvalue weighted by atomic mass is 10.0. The Morgan fingerprint density at radius 3 is 1.55 bits per heavy atom. The minimum absolute atomic E-state index is 0.153. The van der Waals surface area contributed by atoms with Crippen molar-refractivity contribution in [3.05, 3.63) is 48.6 Å². The number of hydrogen-bond donors (Lipinski definition) is 4. The number of phosphoric ester groups is 1. The van der Waals surface area contributed by atoms with E-state index in [1.54, 1.807) is 0 Å². The van der Waals surface area contributed by atoms with E-state index in [0.717, 1.165) is 57.8 Å². The van der Waals surface area contributed by atoms with E-state index in [-0.39, 0.29) is 25.6 Å². The number of unbranched alkanes of at least 4 members (excludes halogenated alkanes) is 15. The quantitative estimate of drug-likeness (QED) is 0.0201. The number of rotatable bonds is 40. The van der Waals surface area contributed by atoms with Gasteiger partial charge in [-0.05, 0) is 57.8 Å². The molecule has 0 aromatic heterocycles. The van der Waals surface area contributed by atoms with Crippen LogP contribution in [0.4, 0.5) is 0 Å². The van der Waals surface area contributed by atoms with Crippen molar-refractivity contribution in [2.24, 2.45) is 0 Å². The van der Waals surface area contributed by atoms with E-state index in [1.165, 1.54) is 70.6 Å². The van der Waals surface area contributed by atoms with Gasteiger partial charge in [-0.2, -0.15) is 0 Å². The molecule has 0 bridgehead atoms. The molecule has 0 saturated carbocycles. The second-order valence-corrected chi connectivity index (χ2v) is 16.0. The van der Waals surface area contributed by atoms with Gasteiger partial charge in [0.05, 0.1) is 25.9 Å². The molecule has 0 aromatic carbocycles. The first-order valence-electron chi connectivity index (χ1n) is 21.7. The molecule has 0 aliphatic heterocycles. The van der Waals surface area contributed by atoms with Gasteiger partial charge in [0, 0.05) is 12.8 Å². The van der Waals surface area contributed by atoms with Gasteiger partial charge in [-0.15, -0.1) is 0 Å². The van der Waals surface area contributed by atoms with Crippen molar-refractivity contribution in [1.82, 2.24) is 0 Å². The van der Waals surface area contributed by atoms with Gasteiger partial charge < -0.3 is 29.7 Å². The zero-order chi connectivity index (χ0) is 41.4. The van der Waals surface area contributed by atoms with Crippen LogP contribution < -0.4 is 0 Å². The molecule has 0 saturated heterocycles. The lowest BCUT2D eigenvalue weighted by molar-refractivity contribution is -0.161. The highest BCUT2D eigenvalue weighted by molar-refractivity contribution is 7.47. The second-order valence-electron chi connectivity index (χ2n) is 14.5. The molecule has 0 amide bonds. The average molecular weight is 815 g/mol. The number of hydrogen-bond acceptors (Lipinski definition) is 10. The molecule has 0 rings (SSSR count). The number of carbonyl (C=O) groups is 2. The third-order valence-electron chi connectivity index (χ3n) is 9.15. The minimum atomic E-state index is -4.64. The third kappa shape index (κ3) is 38.7. The van der Waals surface area contributed by atoms with E-state index in [2.05, 4.69) is 47.9 Å². The van der Waals surface area contributed by atoms with Crippen LogP contribution >= 0.6 is 7.82 Å². The number of phosphoric acid groups is 1. The Morgan fingerprint density at radius 2 is 1.04 bits per heavy atom. The van der Waals surface area contributed by atoms with Crippen molar-refractivity contribution in [2.75, 3.05) is 26.4 Å². The molecule has 0 aromatic rings. The Hall–Kier alpha value is -2.11. The van der Waals surface area contributed by atoms with E-state index in [0.29, 0.717) is 19.3 Å². The largest absolute Gasteiger partial charge is 0.472 e. The predicted molar refractivity (Wildman–Crippen MR) is 225 cm³/mol. The van der Waals surface area contributed by atoms with Crippen LogP contribution in [0.25, 0.3) is 0 Å². The Morgan fingerprint density at radius 1 is 0.571 bits per heavy atom. The fourth-order valence-corrected chi connectivity index (χ4v) is 6.40. The van der Waals surface area contributed by atoms with Gasteiger partial charge in [-0.3, -0.25) is 18.6 Å². The zero-order valence-electron chi connectivity index (χ0n) is 35.0. The number of aliphatic hydroxyl groups excluding tert-OH is 3. The summed E-state index contributed by atoms with van der Waals surface area (Å²) < 4.78 is 32.6. The van der Waals surface area contributed by atoms with E-state index in [9.17, 15) is 29.3 Å². The van der Waals surface area contributed by atoms with E-state index in [1.807, 2.05) is 19.1 Å². The maximum atomic E-state index is 12.6. The van der Waals surface area contributed by atoms with Crippen LogP contribution in [0.1, 0.15) is 174 Å². The summed E-state index contributed by atoms with van der Waals surface area (Å²) in [5, 5.41) is 27.9. The average Bonchev–Trinajstić information content (AvgIpc) is 3.19. The normalized spacial score (nSPS) is 14.9. The monoisotopic (exact) mass is 815 g/mol. The number of ether oxygens (including phenoxy) is 2. The van der Waals surface area contributed by atoms with Crippen LogP contribution in [-0.4, -0.2) is 76.9 Å². The summed E-state index contributed by atoms with van der Waals surface area (Å²) in [4.78, 5) is 34.9. The topological polar surface area (TPSA) is 169 Å². The van der Waals surface area contributed by atoms with Crippen LogP contribution in [0, 0.1) is 0 Å². The number of aliphatic hydroxyl groups is 3. The SMILES string of the molecule is CCCCCCCCCCCCCCCCCC(=O)O[C@H](COC(=O)CCC/C=C\C/C=C\C/C=C\C/C=C\CC[C@@H](O)CC)COP(=O)(O)OC[C@@H](O)CO. The summed E-state index contributed by atoms with van der Waals surface area (Å²) in [7, 11) is -4.64. The van der Waals surface area contributed by atoms with Crippen molar-refractivity contribution in [1.29, 1.82) is 0 Å². The first-order valence-corrected chi connectivity index (χ1v) is 23.2. The molecule has 4 N–H and O–H groups in total. The van der Waals surface area contributed by atoms with Crippen LogP contribution in [0.3, 0.4) is 0 Å². The highest BCUT2D eigenvalue weighted by atomic mass is 31.2. The van der Waals surface area contributed by atoms with Crippen LogP contribution in [-0.2, 0) is 32.7 Å². The van der Waals surface area contributed by atoms with Gasteiger partial charge in [0.2, 0.25) is 0 Å². The first-order chi connectivity index (χ1) is 27.1. The molecular formula is C44H79O11P. The number of carbonyl (C=O) groups excluding carboxylic acids is 2. The number of allylic oxidation sites excluding steroid dienone is 8. The lowest BCUT2D eigenvalue weighted by Gasteiger charge is -2.20. The fourth-order valence-electron chi connectivity index (χ4n) is 5.61. The van der Waals surface area contributed by atoms with Crippen molar-refractivity contribution in [2.45, 2.75) is 193 Å². The molecule has 0 aliphatic carbocycles. The molecular weight excluding hydrogens is 735 g/mol. The minimum Gasteiger partial charge on any atom is -0.462 e. The van der Waals surface area contributed by atoms with Gasteiger partial charge in [0.1, 0.15) is 12.7 Å². The van der Waals surface area contributed by atoms with Crippen LogP contribution in [0.15, 0.2) is 48.6 Å². The molecule has 4 atom stereocenters. The summed E-state index contributed by atoms with van der Waals surface area (Å²) in [6, 6.07) is 0. The fraction of sp³-hybridized carbons (Fsp3) is 0.773. The molecule has 0 heterocycles. The molecule has 0 fully saturated rings. The molecule has 0 spiro atoms. The number of esters is 2. The summed E-state index contributed by atoms with van der Waals surface area (Å²) >= 11 is 0. The maximum absolute atomic E-state index is 12.6. The standard InChI is InChI=1S/C44H79O11P/c1-3-5-6-7-8-9-10-11-12-17-20-23-26-29-32-35-44(49)55-42(39-54-56(50,51)53-37-41(47)36-45)38-52-43(48)34-31-28-25-22-19-16-14-13-15-18-21-24-27-30-33-40(46)4-2/h14-16,18,22,24-25,27,40-42,45-47H,3-13,17,19-21,23,26,28-39H2,1-2H3,(H,50,51)/b16-14-,18-15-,25-22-,27-24-/t40-,41-,42+/m0/s1. The third-order valence-corrected chi connectivity index (χ3v) is 10.1. The molecule has 0 aliphatic rings. The molecule has 1 unspecified atom stereocenters. The van der Waals surface area contributed by atoms with E-state index < -0.39 is 51.8 Å². The molecule has 56 heavy (non-hydrogen) atoms. The van der Waals surface area contributed by atoms with Gasteiger partial charge >= 0.3 is 19.8 Å². The highest BCUT2D eigenvalue weighted by Gasteiger charge is 2.27. The van der Waals surface area contributed by atoms with Crippen LogP contribution in [0.5, 0.6) is 0 Å². The van der Waals surface area contributed by atoms with Crippen molar-refractivity contribution >= 4 is 19.8 Å². The second kappa shape index (κ2) is 39.7. The van der Waals surface area contributed by atoms with Crippen LogP contribution in [0.2, 0.25) is 0 Å². The molecule has 326 valence electrons. The van der Waals surface area contributed by atoms with Gasteiger partial charge in [-0.25, -0.2) is 4.57 Å². The van der Waals surface area contributed by atoms with Gasteiger partial charge in [-0.1, -0.05) is 152 Å². The molecule has 12 heteroatoms.